The van der Waals surface area contributed by atoms with Crippen LogP contribution in [0, 0.1) is 0 Å². The minimum atomic E-state index is 0.141. The molecule has 0 bridgehead atoms. The highest BCUT2D eigenvalue weighted by atomic mass is 35.5. The van der Waals surface area contributed by atoms with Crippen LogP contribution in [-0.2, 0) is 0 Å². The van der Waals surface area contributed by atoms with Gasteiger partial charge in [0, 0.05) is 21.8 Å². The predicted octanol–water partition coefficient (Wildman–Crippen LogP) is 5.17. The lowest BCUT2D eigenvalue weighted by molar-refractivity contribution is 0.885. The van der Waals surface area contributed by atoms with Crippen LogP contribution in [0.3, 0.4) is 0 Å². The summed E-state index contributed by atoms with van der Waals surface area (Å²) >= 11 is 12.1. The molecule has 1 unspecified atom stereocenters. The molecule has 0 fully saturated rings. The van der Waals surface area contributed by atoms with Crippen LogP contribution in [0.15, 0.2) is 48.5 Å². The van der Waals surface area contributed by atoms with Crippen LogP contribution in [0.2, 0.25) is 10.0 Å². The number of benzene rings is 2. The number of anilines is 1. The van der Waals surface area contributed by atoms with Crippen LogP contribution in [0.1, 0.15) is 18.5 Å². The molecule has 1 nitrogen and oxygen atoms in total. The monoisotopic (exact) mass is 265 g/mol. The molecule has 0 saturated carbocycles. The van der Waals surface area contributed by atoms with Gasteiger partial charge in [0.1, 0.15) is 0 Å². The van der Waals surface area contributed by atoms with Crippen LogP contribution < -0.4 is 5.32 Å². The van der Waals surface area contributed by atoms with Gasteiger partial charge in [-0.2, -0.15) is 0 Å². The molecule has 0 aliphatic rings. The van der Waals surface area contributed by atoms with Gasteiger partial charge < -0.3 is 5.32 Å². The van der Waals surface area contributed by atoms with Crippen LogP contribution in [0.5, 0.6) is 0 Å². The van der Waals surface area contributed by atoms with E-state index in [9.17, 15) is 0 Å². The van der Waals surface area contributed by atoms with Crippen molar-refractivity contribution in [1.29, 1.82) is 0 Å². The standard InChI is InChI=1S/C14H13Cl2N/c1-10(13-7-2-3-8-14(13)16)17-12-6-4-5-11(15)9-12/h2-10,17H,1H3. The number of hydrogen-bond donors (Lipinski definition) is 1. The average Bonchev–Trinajstić information content (AvgIpc) is 2.29. The lowest BCUT2D eigenvalue weighted by Gasteiger charge is -2.17. The van der Waals surface area contributed by atoms with Gasteiger partial charge in [-0.15, -0.1) is 0 Å². The summed E-state index contributed by atoms with van der Waals surface area (Å²) in [6.07, 6.45) is 0. The largest absolute Gasteiger partial charge is 0.378 e. The molecule has 0 amide bonds. The van der Waals surface area contributed by atoms with E-state index in [1.807, 2.05) is 48.5 Å². The van der Waals surface area contributed by atoms with E-state index in [0.717, 1.165) is 21.3 Å². The first-order valence-electron chi connectivity index (χ1n) is 5.43. The van der Waals surface area contributed by atoms with Crippen molar-refractivity contribution in [2.45, 2.75) is 13.0 Å². The van der Waals surface area contributed by atoms with Crippen molar-refractivity contribution < 1.29 is 0 Å². The zero-order valence-electron chi connectivity index (χ0n) is 9.45. The second-order valence-electron chi connectivity index (χ2n) is 3.90. The Labute approximate surface area is 111 Å². The smallest absolute Gasteiger partial charge is 0.0500 e. The van der Waals surface area contributed by atoms with Gasteiger partial charge in [-0.3, -0.25) is 0 Å². The van der Waals surface area contributed by atoms with Crippen molar-refractivity contribution in [1.82, 2.24) is 0 Å². The Bertz CT molecular complexity index is 511. The Morgan fingerprint density at radius 2 is 1.76 bits per heavy atom. The van der Waals surface area contributed by atoms with Crippen molar-refractivity contribution in [2.75, 3.05) is 5.32 Å². The number of halogens is 2. The summed E-state index contributed by atoms with van der Waals surface area (Å²) in [6, 6.07) is 15.6. The van der Waals surface area contributed by atoms with Crippen molar-refractivity contribution in [3.05, 3.63) is 64.1 Å². The van der Waals surface area contributed by atoms with Crippen LogP contribution in [0.25, 0.3) is 0 Å². The average molecular weight is 266 g/mol. The highest BCUT2D eigenvalue weighted by Crippen LogP contribution is 2.26. The normalized spacial score (nSPS) is 12.2. The van der Waals surface area contributed by atoms with Crippen molar-refractivity contribution in [2.24, 2.45) is 0 Å². The molecule has 0 aliphatic carbocycles. The third kappa shape index (κ3) is 3.15. The van der Waals surface area contributed by atoms with Crippen LogP contribution in [0.4, 0.5) is 5.69 Å². The molecule has 88 valence electrons. The van der Waals surface area contributed by atoms with E-state index in [0.29, 0.717) is 0 Å². The highest BCUT2D eigenvalue weighted by Gasteiger charge is 2.08. The van der Waals surface area contributed by atoms with Crippen molar-refractivity contribution in [3.8, 4) is 0 Å². The Morgan fingerprint density at radius 3 is 2.47 bits per heavy atom. The fraction of sp³-hybridized carbons (Fsp3) is 0.143. The number of hydrogen-bond acceptors (Lipinski definition) is 1. The second-order valence-corrected chi connectivity index (χ2v) is 4.74. The molecule has 0 saturated heterocycles. The van der Waals surface area contributed by atoms with Gasteiger partial charge in [-0.05, 0) is 36.8 Å². The van der Waals surface area contributed by atoms with Crippen molar-refractivity contribution in [3.63, 3.8) is 0 Å². The highest BCUT2D eigenvalue weighted by molar-refractivity contribution is 6.31. The minimum Gasteiger partial charge on any atom is -0.378 e. The molecular formula is C14H13Cl2N. The van der Waals surface area contributed by atoms with E-state index in [1.165, 1.54) is 0 Å². The first-order chi connectivity index (χ1) is 8.16. The lowest BCUT2D eigenvalue weighted by atomic mass is 10.1. The molecule has 3 heteroatoms. The summed E-state index contributed by atoms with van der Waals surface area (Å²) in [4.78, 5) is 0. The molecule has 17 heavy (non-hydrogen) atoms. The van der Waals surface area contributed by atoms with Gasteiger partial charge in [0.2, 0.25) is 0 Å². The summed E-state index contributed by atoms with van der Waals surface area (Å²) in [5.74, 6) is 0. The van der Waals surface area contributed by atoms with Crippen LogP contribution >= 0.6 is 23.2 Å². The topological polar surface area (TPSA) is 12.0 Å². The molecule has 2 aromatic rings. The van der Waals surface area contributed by atoms with E-state index in [2.05, 4.69) is 12.2 Å². The van der Waals surface area contributed by atoms with Gasteiger partial charge in [-0.25, -0.2) is 0 Å². The molecule has 0 aromatic heterocycles. The molecule has 0 aliphatic heterocycles. The minimum absolute atomic E-state index is 0.141. The summed E-state index contributed by atoms with van der Waals surface area (Å²) in [5.41, 5.74) is 2.07. The number of rotatable bonds is 3. The second kappa shape index (κ2) is 5.44. The molecule has 0 spiro atoms. The SMILES string of the molecule is CC(Nc1cccc(Cl)c1)c1ccccc1Cl. The van der Waals surface area contributed by atoms with E-state index < -0.39 is 0 Å². The lowest BCUT2D eigenvalue weighted by Crippen LogP contribution is -2.06. The number of nitrogens with one attached hydrogen (secondary N) is 1. The fourth-order valence-electron chi connectivity index (χ4n) is 1.73. The third-order valence-corrected chi connectivity index (χ3v) is 3.16. The van der Waals surface area contributed by atoms with Crippen LogP contribution in [-0.4, -0.2) is 0 Å². The summed E-state index contributed by atoms with van der Waals surface area (Å²) in [6.45, 7) is 2.07. The maximum Gasteiger partial charge on any atom is 0.0500 e. The summed E-state index contributed by atoms with van der Waals surface area (Å²) < 4.78 is 0. The Hall–Kier alpha value is -1.18. The van der Waals surface area contributed by atoms with E-state index in [1.54, 1.807) is 0 Å². The first kappa shape index (κ1) is 12.3. The van der Waals surface area contributed by atoms with Crippen molar-refractivity contribution >= 4 is 28.9 Å². The Balaban J connectivity index is 2.17. The van der Waals surface area contributed by atoms with E-state index >= 15 is 0 Å². The molecule has 2 rings (SSSR count). The summed E-state index contributed by atoms with van der Waals surface area (Å²) in [7, 11) is 0. The molecule has 2 aromatic carbocycles. The molecular weight excluding hydrogens is 253 g/mol. The van der Waals surface area contributed by atoms with Gasteiger partial charge in [0.15, 0.2) is 0 Å². The maximum absolute atomic E-state index is 6.15. The van der Waals surface area contributed by atoms with Gasteiger partial charge in [-0.1, -0.05) is 47.5 Å². The zero-order valence-corrected chi connectivity index (χ0v) is 11.0. The fourth-order valence-corrected chi connectivity index (χ4v) is 2.22. The van der Waals surface area contributed by atoms with Gasteiger partial charge in [0.25, 0.3) is 0 Å². The first-order valence-corrected chi connectivity index (χ1v) is 6.19. The molecule has 1 N–H and O–H groups in total. The third-order valence-electron chi connectivity index (χ3n) is 2.58. The zero-order chi connectivity index (χ0) is 12.3. The van der Waals surface area contributed by atoms with E-state index in [-0.39, 0.29) is 6.04 Å². The molecule has 0 heterocycles. The molecule has 1 atom stereocenters. The molecule has 0 radical (unpaired) electrons. The van der Waals surface area contributed by atoms with Gasteiger partial charge >= 0.3 is 0 Å². The van der Waals surface area contributed by atoms with E-state index in [4.69, 9.17) is 23.2 Å². The quantitative estimate of drug-likeness (QED) is 0.808. The Morgan fingerprint density at radius 1 is 1.00 bits per heavy atom. The Kier molecular flexibility index (Phi) is 3.93. The summed E-state index contributed by atoms with van der Waals surface area (Å²) in [5, 5.41) is 4.87. The maximum atomic E-state index is 6.15. The van der Waals surface area contributed by atoms with Gasteiger partial charge in [0.05, 0.1) is 0 Å². The predicted molar refractivity (Wildman–Crippen MR) is 74.9 cm³/mol.